The molecule has 116 valence electrons. The molecule has 5 heteroatoms. The third-order valence-electron chi connectivity index (χ3n) is 3.31. The molecule has 0 aliphatic carbocycles. The van der Waals surface area contributed by atoms with E-state index in [0.717, 1.165) is 11.1 Å². The molecule has 1 aromatic heterocycles. The molecule has 23 heavy (non-hydrogen) atoms. The predicted molar refractivity (Wildman–Crippen MR) is 83.9 cm³/mol. The van der Waals surface area contributed by atoms with Crippen molar-refractivity contribution in [1.29, 1.82) is 0 Å². The van der Waals surface area contributed by atoms with Crippen LogP contribution in [0.15, 0.2) is 59.1 Å². The second-order valence-corrected chi connectivity index (χ2v) is 5.08. The molecule has 0 aliphatic heterocycles. The number of phenols is 1. The maximum atomic E-state index is 12.0. The smallest absolute Gasteiger partial charge is 0.342 e. The van der Waals surface area contributed by atoms with E-state index in [1.54, 1.807) is 18.3 Å². The quantitative estimate of drug-likeness (QED) is 0.744. The van der Waals surface area contributed by atoms with E-state index in [-0.39, 0.29) is 17.9 Å². The van der Waals surface area contributed by atoms with Gasteiger partial charge >= 0.3 is 5.97 Å². The number of carbonyl (C=O) groups excluding carboxylic acids is 1. The lowest BCUT2D eigenvalue weighted by Crippen LogP contribution is -2.06. The van der Waals surface area contributed by atoms with Crippen molar-refractivity contribution >= 4 is 5.97 Å². The van der Waals surface area contributed by atoms with Crippen LogP contribution in [0.5, 0.6) is 5.75 Å². The number of hydrogen-bond donors (Lipinski definition) is 1. The summed E-state index contributed by atoms with van der Waals surface area (Å²) in [7, 11) is 0. The van der Waals surface area contributed by atoms with E-state index < -0.39 is 5.97 Å². The average molecular weight is 309 g/mol. The van der Waals surface area contributed by atoms with Crippen molar-refractivity contribution in [2.45, 2.75) is 13.5 Å². The molecule has 0 atom stereocenters. The van der Waals surface area contributed by atoms with Gasteiger partial charge in [0, 0.05) is 5.56 Å². The zero-order valence-corrected chi connectivity index (χ0v) is 12.5. The Morgan fingerprint density at radius 3 is 2.78 bits per heavy atom. The van der Waals surface area contributed by atoms with Gasteiger partial charge in [0.2, 0.25) is 5.89 Å². The van der Waals surface area contributed by atoms with E-state index >= 15 is 0 Å². The van der Waals surface area contributed by atoms with Crippen LogP contribution in [0.25, 0.3) is 11.3 Å². The third kappa shape index (κ3) is 3.40. The molecule has 0 spiro atoms. The summed E-state index contributed by atoms with van der Waals surface area (Å²) in [5, 5.41) is 9.72. The molecule has 0 aliphatic rings. The highest BCUT2D eigenvalue weighted by Crippen LogP contribution is 2.22. The van der Waals surface area contributed by atoms with Crippen molar-refractivity contribution in [3.8, 4) is 17.1 Å². The van der Waals surface area contributed by atoms with Gasteiger partial charge in [-0.3, -0.25) is 0 Å². The minimum atomic E-state index is -0.620. The van der Waals surface area contributed by atoms with Crippen LogP contribution in [0.1, 0.15) is 21.8 Å². The Kier molecular flexibility index (Phi) is 4.10. The molecule has 0 unspecified atom stereocenters. The zero-order valence-electron chi connectivity index (χ0n) is 12.5. The number of ether oxygens (including phenoxy) is 1. The van der Waals surface area contributed by atoms with Crippen LogP contribution in [0.3, 0.4) is 0 Å². The van der Waals surface area contributed by atoms with E-state index in [1.807, 2.05) is 37.3 Å². The lowest BCUT2D eigenvalue weighted by molar-refractivity contribution is 0.0435. The number of aryl methyl sites for hydroxylation is 1. The minimum absolute atomic E-state index is 0.0982. The Morgan fingerprint density at radius 1 is 1.22 bits per heavy atom. The van der Waals surface area contributed by atoms with E-state index in [4.69, 9.17) is 9.15 Å². The van der Waals surface area contributed by atoms with Crippen molar-refractivity contribution in [1.82, 2.24) is 4.98 Å². The highest BCUT2D eigenvalue weighted by atomic mass is 16.5. The van der Waals surface area contributed by atoms with Gasteiger partial charge in [0.25, 0.3) is 0 Å². The second-order valence-electron chi connectivity index (χ2n) is 5.08. The fourth-order valence-electron chi connectivity index (χ4n) is 2.13. The molecule has 3 aromatic rings. The van der Waals surface area contributed by atoms with Crippen LogP contribution in [-0.2, 0) is 11.3 Å². The van der Waals surface area contributed by atoms with Crippen molar-refractivity contribution in [2.24, 2.45) is 0 Å². The maximum absolute atomic E-state index is 12.0. The first-order valence-electron chi connectivity index (χ1n) is 7.10. The molecule has 0 fully saturated rings. The topological polar surface area (TPSA) is 72.6 Å². The largest absolute Gasteiger partial charge is 0.507 e. The maximum Gasteiger partial charge on any atom is 0.342 e. The van der Waals surface area contributed by atoms with Crippen LogP contribution in [0.2, 0.25) is 0 Å². The molecule has 0 saturated heterocycles. The molecule has 0 bridgehead atoms. The molecule has 2 aromatic carbocycles. The van der Waals surface area contributed by atoms with Gasteiger partial charge < -0.3 is 14.3 Å². The van der Waals surface area contributed by atoms with Gasteiger partial charge in [0.05, 0.1) is 6.20 Å². The summed E-state index contributed by atoms with van der Waals surface area (Å²) >= 11 is 0. The summed E-state index contributed by atoms with van der Waals surface area (Å²) in [5.41, 5.74) is 1.88. The number of rotatable bonds is 4. The van der Waals surface area contributed by atoms with Gasteiger partial charge in [-0.2, -0.15) is 0 Å². The molecular formula is C18H15NO4. The molecule has 0 amide bonds. The SMILES string of the molecule is Cc1ccc(O)c(C(=O)OCc2ncc(-c3ccccc3)o2)c1. The van der Waals surface area contributed by atoms with Gasteiger partial charge in [-0.15, -0.1) is 0 Å². The molecule has 0 radical (unpaired) electrons. The average Bonchev–Trinajstić information content (AvgIpc) is 3.05. The van der Waals surface area contributed by atoms with Crippen LogP contribution in [0.4, 0.5) is 0 Å². The van der Waals surface area contributed by atoms with Gasteiger partial charge in [-0.25, -0.2) is 9.78 Å². The van der Waals surface area contributed by atoms with Crippen molar-refractivity contribution in [3.63, 3.8) is 0 Å². The number of aromatic hydroxyl groups is 1. The number of hydrogen-bond acceptors (Lipinski definition) is 5. The van der Waals surface area contributed by atoms with Crippen LogP contribution >= 0.6 is 0 Å². The molecular weight excluding hydrogens is 294 g/mol. The van der Waals surface area contributed by atoms with E-state index in [1.165, 1.54) is 6.07 Å². The number of aromatic nitrogens is 1. The first-order valence-corrected chi connectivity index (χ1v) is 7.10. The number of benzene rings is 2. The number of phenolic OH excluding ortho intramolecular Hbond substituents is 1. The summed E-state index contributed by atoms with van der Waals surface area (Å²) < 4.78 is 10.7. The summed E-state index contributed by atoms with van der Waals surface area (Å²) in [6, 6.07) is 14.3. The Morgan fingerprint density at radius 2 is 2.00 bits per heavy atom. The van der Waals surface area contributed by atoms with Gasteiger partial charge in [0.15, 0.2) is 12.4 Å². The number of esters is 1. The van der Waals surface area contributed by atoms with E-state index in [9.17, 15) is 9.90 Å². The number of nitrogens with zero attached hydrogens (tertiary/aromatic N) is 1. The van der Waals surface area contributed by atoms with Crippen molar-refractivity contribution in [2.75, 3.05) is 0 Å². The summed E-state index contributed by atoms with van der Waals surface area (Å²) in [6.07, 6.45) is 1.59. The minimum Gasteiger partial charge on any atom is -0.507 e. The van der Waals surface area contributed by atoms with Crippen molar-refractivity contribution < 1.29 is 19.1 Å². The molecule has 0 saturated carbocycles. The first kappa shape index (κ1) is 14.8. The van der Waals surface area contributed by atoms with Gasteiger partial charge in [-0.05, 0) is 19.1 Å². The Balaban J connectivity index is 1.68. The highest BCUT2D eigenvalue weighted by molar-refractivity contribution is 5.92. The van der Waals surface area contributed by atoms with Crippen molar-refractivity contribution in [3.05, 3.63) is 71.7 Å². The second kappa shape index (κ2) is 6.36. The Labute approximate surface area is 133 Å². The highest BCUT2D eigenvalue weighted by Gasteiger charge is 2.14. The normalized spacial score (nSPS) is 10.5. The van der Waals surface area contributed by atoms with Gasteiger partial charge in [0.1, 0.15) is 11.3 Å². The zero-order chi connectivity index (χ0) is 16.2. The molecule has 1 N–H and O–H groups in total. The monoisotopic (exact) mass is 309 g/mol. The van der Waals surface area contributed by atoms with E-state index in [2.05, 4.69) is 4.98 Å². The molecule has 5 nitrogen and oxygen atoms in total. The van der Waals surface area contributed by atoms with Crippen LogP contribution < -0.4 is 0 Å². The lowest BCUT2D eigenvalue weighted by Gasteiger charge is -2.05. The number of carbonyl (C=O) groups is 1. The fraction of sp³-hybridized carbons (Fsp3) is 0.111. The van der Waals surface area contributed by atoms with E-state index in [0.29, 0.717) is 11.7 Å². The van der Waals surface area contributed by atoms with Gasteiger partial charge in [-0.1, -0.05) is 42.0 Å². The third-order valence-corrected chi connectivity index (χ3v) is 3.31. The first-order chi connectivity index (χ1) is 11.1. The summed E-state index contributed by atoms with van der Waals surface area (Å²) in [5.74, 6) is 0.169. The summed E-state index contributed by atoms with van der Waals surface area (Å²) in [4.78, 5) is 16.1. The Hall–Kier alpha value is -3.08. The standard InChI is InChI=1S/C18H15NO4/c1-12-7-8-15(20)14(9-12)18(21)22-11-17-19-10-16(23-17)13-5-3-2-4-6-13/h2-10,20H,11H2,1H3. The molecule has 1 heterocycles. The Bertz CT molecular complexity index is 824. The fourth-order valence-corrected chi connectivity index (χ4v) is 2.13. The van der Waals surface area contributed by atoms with Crippen LogP contribution in [-0.4, -0.2) is 16.1 Å². The number of oxazole rings is 1. The summed E-state index contributed by atoms with van der Waals surface area (Å²) in [6.45, 7) is 1.73. The predicted octanol–water partition coefficient (Wildman–Crippen LogP) is 3.71. The lowest BCUT2D eigenvalue weighted by atomic mass is 10.1. The van der Waals surface area contributed by atoms with Crippen LogP contribution in [0, 0.1) is 6.92 Å². The molecule has 3 rings (SSSR count).